The summed E-state index contributed by atoms with van der Waals surface area (Å²) in [6.45, 7) is 6.39. The highest BCUT2D eigenvalue weighted by molar-refractivity contribution is 8.14. The van der Waals surface area contributed by atoms with Gasteiger partial charge in [0.15, 0.2) is 0 Å². The highest BCUT2D eigenvalue weighted by Gasteiger charge is 2.43. The van der Waals surface area contributed by atoms with Crippen LogP contribution >= 0.6 is 35.0 Å². The molecular weight excluding hydrogens is 465 g/mol. The number of thioether (sulfide) groups is 1. The third-order valence-corrected chi connectivity index (χ3v) is 6.17. The smallest absolute Gasteiger partial charge is 0.410 e. The Morgan fingerprint density at radius 2 is 1.68 bits per heavy atom. The minimum atomic E-state index is -1.19. The Morgan fingerprint density at radius 1 is 1.06 bits per heavy atom. The average Bonchev–Trinajstić information content (AvgIpc) is 3.01. The number of benzene rings is 1. The molecule has 2 fully saturated rings. The lowest BCUT2D eigenvalue weighted by Crippen LogP contribution is -2.54. The zero-order valence-corrected chi connectivity index (χ0v) is 19.7. The van der Waals surface area contributed by atoms with Crippen molar-refractivity contribution >= 4 is 58.1 Å². The number of rotatable bonds is 3. The third-order valence-electron chi connectivity index (χ3n) is 4.78. The predicted molar refractivity (Wildman–Crippen MR) is 118 cm³/mol. The first-order chi connectivity index (χ1) is 14.5. The summed E-state index contributed by atoms with van der Waals surface area (Å²) in [5.41, 5.74) is -0.288. The monoisotopic (exact) mass is 487 g/mol. The maximum Gasteiger partial charge on any atom is 0.410 e. The summed E-state index contributed by atoms with van der Waals surface area (Å²) in [6.07, 6.45) is -0.446. The van der Waals surface area contributed by atoms with Crippen molar-refractivity contribution in [3.63, 3.8) is 0 Å². The zero-order valence-electron chi connectivity index (χ0n) is 17.4. The van der Waals surface area contributed by atoms with Crippen LogP contribution in [0.15, 0.2) is 18.2 Å². The molecule has 31 heavy (non-hydrogen) atoms. The molecule has 4 amide bonds. The van der Waals surface area contributed by atoms with Gasteiger partial charge in [-0.1, -0.05) is 41.0 Å². The molecule has 2 aliphatic rings. The Morgan fingerprint density at radius 3 is 2.19 bits per heavy atom. The van der Waals surface area contributed by atoms with E-state index in [9.17, 15) is 19.2 Å². The van der Waals surface area contributed by atoms with E-state index in [4.69, 9.17) is 27.9 Å². The molecule has 1 aromatic carbocycles. The van der Waals surface area contributed by atoms with Gasteiger partial charge in [-0.15, -0.1) is 0 Å². The second-order valence-electron chi connectivity index (χ2n) is 8.18. The van der Waals surface area contributed by atoms with Crippen LogP contribution in [-0.2, 0) is 14.3 Å². The Kier molecular flexibility index (Phi) is 7.08. The first-order valence-electron chi connectivity index (χ1n) is 9.68. The molecule has 0 aromatic heterocycles. The molecule has 2 aliphatic heterocycles. The van der Waals surface area contributed by atoms with Crippen LogP contribution in [0.3, 0.4) is 0 Å². The number of amides is 4. The van der Waals surface area contributed by atoms with Gasteiger partial charge in [0, 0.05) is 41.8 Å². The molecule has 0 aliphatic carbocycles. The summed E-state index contributed by atoms with van der Waals surface area (Å²) in [5.74, 6) is -0.913. The molecule has 2 saturated heterocycles. The van der Waals surface area contributed by atoms with Gasteiger partial charge in [0.05, 0.1) is 5.75 Å². The van der Waals surface area contributed by atoms with Crippen molar-refractivity contribution in [2.45, 2.75) is 32.4 Å². The zero-order chi connectivity index (χ0) is 22.9. The summed E-state index contributed by atoms with van der Waals surface area (Å²) in [4.78, 5) is 54.6. The van der Waals surface area contributed by atoms with Crippen LogP contribution in [-0.4, -0.2) is 75.4 Å². The minimum absolute atomic E-state index is 0.0275. The van der Waals surface area contributed by atoms with Gasteiger partial charge in [-0.05, 0) is 32.9 Å². The van der Waals surface area contributed by atoms with Crippen molar-refractivity contribution in [1.29, 1.82) is 0 Å². The fraction of sp³-hybridized carbons (Fsp3) is 0.500. The van der Waals surface area contributed by atoms with E-state index in [1.54, 1.807) is 32.9 Å². The number of halogens is 2. The average molecular weight is 488 g/mol. The van der Waals surface area contributed by atoms with Crippen molar-refractivity contribution in [2.75, 3.05) is 31.9 Å². The molecule has 0 radical (unpaired) electrons. The van der Waals surface area contributed by atoms with Crippen LogP contribution in [0.5, 0.6) is 0 Å². The highest BCUT2D eigenvalue weighted by Crippen LogP contribution is 2.36. The van der Waals surface area contributed by atoms with Crippen molar-refractivity contribution in [3.05, 3.63) is 33.8 Å². The van der Waals surface area contributed by atoms with E-state index >= 15 is 0 Å². The standard InChI is InChI=1S/C20H23Cl2N3O5S/c1-20(2,3)30-18(28)24-8-6-23(7-9-24)17(27)16(25-15(26)11-31-19(25)29)13-5-4-12(21)10-14(13)22/h4-5,10,16H,6-9,11H2,1-3H3. The maximum atomic E-state index is 13.5. The van der Waals surface area contributed by atoms with E-state index in [1.165, 1.54) is 15.9 Å². The summed E-state index contributed by atoms with van der Waals surface area (Å²) in [6, 6.07) is 3.39. The molecule has 168 valence electrons. The summed E-state index contributed by atoms with van der Waals surface area (Å²) < 4.78 is 5.38. The van der Waals surface area contributed by atoms with Crippen molar-refractivity contribution in [3.8, 4) is 0 Å². The van der Waals surface area contributed by atoms with E-state index in [-0.39, 0.29) is 37.0 Å². The van der Waals surface area contributed by atoms with Crippen molar-refractivity contribution < 1.29 is 23.9 Å². The molecule has 1 aromatic rings. The molecular formula is C20H23Cl2N3O5S. The number of carbonyl (C=O) groups excluding carboxylic acids is 4. The van der Waals surface area contributed by atoms with Crippen LogP contribution < -0.4 is 0 Å². The summed E-state index contributed by atoms with van der Waals surface area (Å²) in [7, 11) is 0. The normalized spacial score (nSPS) is 18.4. The van der Waals surface area contributed by atoms with Gasteiger partial charge < -0.3 is 14.5 Å². The van der Waals surface area contributed by atoms with E-state index in [0.29, 0.717) is 10.6 Å². The fourth-order valence-electron chi connectivity index (χ4n) is 3.33. The molecule has 8 nitrogen and oxygen atoms in total. The number of hydrogen-bond acceptors (Lipinski definition) is 6. The molecule has 1 atom stereocenters. The first-order valence-corrected chi connectivity index (χ1v) is 11.4. The minimum Gasteiger partial charge on any atom is -0.444 e. The SMILES string of the molecule is CC(C)(C)OC(=O)N1CCN(C(=O)C(c2ccc(Cl)cc2Cl)N2C(=O)CSC2=O)CC1. The largest absolute Gasteiger partial charge is 0.444 e. The van der Waals surface area contributed by atoms with Gasteiger partial charge in [0.2, 0.25) is 5.91 Å². The fourth-order valence-corrected chi connectivity index (χ4v) is 4.57. The van der Waals surface area contributed by atoms with Gasteiger partial charge in [-0.3, -0.25) is 19.3 Å². The van der Waals surface area contributed by atoms with Gasteiger partial charge in [-0.2, -0.15) is 0 Å². The molecule has 0 bridgehead atoms. The molecule has 0 saturated carbocycles. The Balaban J connectivity index is 1.81. The lowest BCUT2D eigenvalue weighted by molar-refractivity contribution is -0.142. The molecule has 2 heterocycles. The first kappa shape index (κ1) is 23.7. The summed E-state index contributed by atoms with van der Waals surface area (Å²) >= 11 is 13.2. The molecule has 0 N–H and O–H groups in total. The van der Waals surface area contributed by atoms with Crippen molar-refractivity contribution in [1.82, 2.24) is 14.7 Å². The topological polar surface area (TPSA) is 87.2 Å². The van der Waals surface area contributed by atoms with Gasteiger partial charge >= 0.3 is 6.09 Å². The van der Waals surface area contributed by atoms with Crippen LogP contribution in [0.1, 0.15) is 32.4 Å². The Hall–Kier alpha value is -1.97. The second kappa shape index (κ2) is 9.26. The quantitative estimate of drug-likeness (QED) is 0.643. The van der Waals surface area contributed by atoms with Crippen LogP contribution in [0.2, 0.25) is 10.0 Å². The Bertz CT molecular complexity index is 897. The lowest BCUT2D eigenvalue weighted by atomic mass is 10.0. The number of piperazine rings is 1. The number of hydrogen-bond donors (Lipinski definition) is 0. The number of ether oxygens (including phenoxy) is 1. The van der Waals surface area contributed by atoms with E-state index in [2.05, 4.69) is 0 Å². The van der Waals surface area contributed by atoms with Crippen LogP contribution in [0.25, 0.3) is 0 Å². The van der Waals surface area contributed by atoms with Crippen LogP contribution in [0.4, 0.5) is 9.59 Å². The molecule has 0 spiro atoms. The maximum absolute atomic E-state index is 13.5. The predicted octanol–water partition coefficient (Wildman–Crippen LogP) is 3.81. The van der Waals surface area contributed by atoms with Crippen molar-refractivity contribution in [2.24, 2.45) is 0 Å². The lowest BCUT2D eigenvalue weighted by Gasteiger charge is -2.38. The number of carbonyl (C=O) groups is 4. The second-order valence-corrected chi connectivity index (χ2v) is 9.95. The van der Waals surface area contributed by atoms with E-state index in [0.717, 1.165) is 16.7 Å². The molecule has 3 rings (SSSR count). The number of nitrogens with zero attached hydrogens (tertiary/aromatic N) is 3. The highest BCUT2D eigenvalue weighted by atomic mass is 35.5. The number of imide groups is 1. The molecule has 1 unspecified atom stereocenters. The third kappa shape index (κ3) is 5.45. The van der Waals surface area contributed by atoms with Crippen LogP contribution in [0, 0.1) is 0 Å². The van der Waals surface area contributed by atoms with E-state index in [1.807, 2.05) is 0 Å². The molecule has 11 heteroatoms. The van der Waals surface area contributed by atoms with Gasteiger partial charge in [-0.25, -0.2) is 4.79 Å². The van der Waals surface area contributed by atoms with E-state index < -0.39 is 34.8 Å². The Labute approximate surface area is 194 Å². The van der Waals surface area contributed by atoms with Gasteiger partial charge in [0.25, 0.3) is 11.1 Å². The van der Waals surface area contributed by atoms with Gasteiger partial charge in [0.1, 0.15) is 11.6 Å². The summed E-state index contributed by atoms with van der Waals surface area (Å²) in [5, 5.41) is 0.0665.